The van der Waals surface area contributed by atoms with E-state index in [1.54, 1.807) is 0 Å². The fraction of sp³-hybridized carbons (Fsp3) is 0.103. The van der Waals surface area contributed by atoms with Crippen molar-refractivity contribution in [2.75, 3.05) is 4.90 Å². The van der Waals surface area contributed by atoms with Gasteiger partial charge in [-0.3, -0.25) is 0 Å². The maximum atomic E-state index is 2.47. The third-order valence-corrected chi connectivity index (χ3v) is 13.8. The second kappa shape index (κ2) is 12.7. The minimum Gasteiger partial charge on any atom is -0.310 e. The molecule has 1 heterocycles. The lowest BCUT2D eigenvalue weighted by Crippen LogP contribution is -2.18. The second-order valence-electron chi connectivity index (χ2n) is 17.8. The van der Waals surface area contributed by atoms with Crippen molar-refractivity contribution in [2.24, 2.45) is 0 Å². The number of rotatable bonds is 5. The Morgan fingerprint density at radius 1 is 0.350 bits per heavy atom. The van der Waals surface area contributed by atoms with Crippen molar-refractivity contribution in [3.05, 3.63) is 216 Å². The first kappa shape index (κ1) is 34.8. The summed E-state index contributed by atoms with van der Waals surface area (Å²) in [5.74, 6) is 0. The Kier molecular flexibility index (Phi) is 7.36. The zero-order valence-electron chi connectivity index (χ0n) is 34.4. The Morgan fingerprint density at radius 3 is 1.63 bits per heavy atom. The Bertz CT molecular complexity index is 3380. The topological polar surface area (TPSA) is 8.17 Å². The molecule has 10 aromatic rings. The Hall–Kier alpha value is -7.16. The van der Waals surface area contributed by atoms with Crippen LogP contribution in [-0.2, 0) is 10.8 Å². The van der Waals surface area contributed by atoms with Crippen molar-refractivity contribution in [1.82, 2.24) is 4.57 Å². The lowest BCUT2D eigenvalue weighted by molar-refractivity contribution is 0.660. The van der Waals surface area contributed by atoms with Crippen LogP contribution in [-0.4, -0.2) is 4.57 Å². The molecule has 0 unspecified atom stereocenters. The highest BCUT2D eigenvalue weighted by molar-refractivity contribution is 6.10. The normalized spacial score (nSPS) is 14.3. The van der Waals surface area contributed by atoms with Crippen LogP contribution in [0, 0.1) is 0 Å². The minimum atomic E-state index is -0.208. The van der Waals surface area contributed by atoms with Crippen LogP contribution in [0.25, 0.3) is 71.6 Å². The van der Waals surface area contributed by atoms with Gasteiger partial charge in [0.05, 0.1) is 11.0 Å². The molecule has 60 heavy (non-hydrogen) atoms. The van der Waals surface area contributed by atoms with E-state index >= 15 is 0 Å². The van der Waals surface area contributed by atoms with Crippen LogP contribution >= 0.6 is 0 Å². The van der Waals surface area contributed by atoms with E-state index in [0.717, 1.165) is 5.69 Å². The average molecular weight is 769 g/mol. The van der Waals surface area contributed by atoms with Gasteiger partial charge in [-0.1, -0.05) is 149 Å². The van der Waals surface area contributed by atoms with Gasteiger partial charge in [0.25, 0.3) is 0 Å². The van der Waals surface area contributed by atoms with E-state index in [1.807, 2.05) is 0 Å². The molecule has 0 spiro atoms. The van der Waals surface area contributed by atoms with Crippen LogP contribution < -0.4 is 4.90 Å². The van der Waals surface area contributed by atoms with Crippen LogP contribution in [0.1, 0.15) is 49.9 Å². The van der Waals surface area contributed by atoms with Crippen LogP contribution in [0.5, 0.6) is 0 Å². The maximum absolute atomic E-state index is 2.47. The Labute approximate surface area is 351 Å². The number of nitrogens with zero attached hydrogens (tertiary/aromatic N) is 2. The first-order valence-electron chi connectivity index (χ1n) is 21.2. The third kappa shape index (κ3) is 5.01. The SMILES string of the molecule is CC1(C)c2ccccc2-c2ccc(N(c3ccc4c(c3)C(C)(C)c3cc(-c5ccc6c(c5)c5ccccc5n6-c5ccccc5)ccc3-4)c3ccc4ccccc4c3)cc21. The predicted octanol–water partition coefficient (Wildman–Crippen LogP) is 15.7. The first-order valence-corrected chi connectivity index (χ1v) is 21.2. The van der Waals surface area contributed by atoms with Gasteiger partial charge in [-0.2, -0.15) is 0 Å². The first-order chi connectivity index (χ1) is 29.3. The molecule has 12 rings (SSSR count). The number of para-hydroxylation sites is 2. The summed E-state index contributed by atoms with van der Waals surface area (Å²) in [6.07, 6.45) is 0. The molecule has 0 saturated carbocycles. The zero-order chi connectivity index (χ0) is 40.3. The molecule has 0 N–H and O–H groups in total. The van der Waals surface area contributed by atoms with E-state index < -0.39 is 0 Å². The quantitative estimate of drug-likeness (QED) is 0.169. The van der Waals surface area contributed by atoms with Gasteiger partial charge in [0.1, 0.15) is 0 Å². The van der Waals surface area contributed by atoms with E-state index in [2.05, 4.69) is 231 Å². The predicted molar refractivity (Wildman–Crippen MR) is 254 cm³/mol. The van der Waals surface area contributed by atoms with E-state index in [1.165, 1.54) is 105 Å². The molecule has 2 heteroatoms. The summed E-state index contributed by atoms with van der Waals surface area (Å²) in [5.41, 5.74) is 20.1. The van der Waals surface area contributed by atoms with Gasteiger partial charge < -0.3 is 9.47 Å². The van der Waals surface area contributed by atoms with E-state index in [4.69, 9.17) is 0 Å². The highest BCUT2D eigenvalue weighted by Crippen LogP contribution is 2.54. The Balaban J connectivity index is 0.970. The molecule has 0 atom stereocenters. The summed E-state index contributed by atoms with van der Waals surface area (Å²) < 4.78 is 2.39. The molecule has 0 fully saturated rings. The fourth-order valence-electron chi connectivity index (χ4n) is 10.6. The van der Waals surface area contributed by atoms with Gasteiger partial charge >= 0.3 is 0 Å². The monoisotopic (exact) mass is 768 g/mol. The minimum absolute atomic E-state index is 0.0975. The molecule has 1 aromatic heterocycles. The smallest absolute Gasteiger partial charge is 0.0541 e. The van der Waals surface area contributed by atoms with Crippen molar-refractivity contribution in [3.8, 4) is 39.1 Å². The van der Waals surface area contributed by atoms with E-state index in [9.17, 15) is 0 Å². The van der Waals surface area contributed by atoms with Crippen LogP contribution in [0.3, 0.4) is 0 Å². The molecule has 0 radical (unpaired) electrons. The van der Waals surface area contributed by atoms with Crippen LogP contribution in [0.4, 0.5) is 17.1 Å². The van der Waals surface area contributed by atoms with Gasteiger partial charge in [0.15, 0.2) is 0 Å². The van der Waals surface area contributed by atoms with Crippen molar-refractivity contribution in [1.29, 1.82) is 0 Å². The molecule has 2 aliphatic carbocycles. The Morgan fingerprint density at radius 2 is 0.867 bits per heavy atom. The number of benzene rings is 9. The summed E-state index contributed by atoms with van der Waals surface area (Å²) in [6, 6.07) is 72.3. The van der Waals surface area contributed by atoms with Gasteiger partial charge in [0.2, 0.25) is 0 Å². The fourth-order valence-corrected chi connectivity index (χ4v) is 10.6. The number of hydrogen-bond acceptors (Lipinski definition) is 1. The van der Waals surface area contributed by atoms with E-state index in [0.29, 0.717) is 0 Å². The van der Waals surface area contributed by atoms with Gasteiger partial charge in [-0.15, -0.1) is 0 Å². The van der Waals surface area contributed by atoms with Crippen LogP contribution in [0.2, 0.25) is 0 Å². The third-order valence-electron chi connectivity index (χ3n) is 13.8. The summed E-state index contributed by atoms with van der Waals surface area (Å²) >= 11 is 0. The largest absolute Gasteiger partial charge is 0.310 e. The van der Waals surface area contributed by atoms with Gasteiger partial charge in [0, 0.05) is 44.4 Å². The van der Waals surface area contributed by atoms with Gasteiger partial charge in [-0.25, -0.2) is 0 Å². The molecule has 2 nitrogen and oxygen atoms in total. The number of aromatic nitrogens is 1. The maximum Gasteiger partial charge on any atom is 0.0541 e. The lowest BCUT2D eigenvalue weighted by atomic mass is 9.81. The highest BCUT2D eigenvalue weighted by Gasteiger charge is 2.38. The molecule has 2 aliphatic rings. The van der Waals surface area contributed by atoms with Crippen molar-refractivity contribution >= 4 is 49.6 Å². The van der Waals surface area contributed by atoms with Crippen molar-refractivity contribution in [3.63, 3.8) is 0 Å². The summed E-state index contributed by atoms with van der Waals surface area (Å²) in [7, 11) is 0. The summed E-state index contributed by atoms with van der Waals surface area (Å²) in [4.78, 5) is 2.47. The number of anilines is 3. The molecule has 0 amide bonds. The molecule has 0 saturated heterocycles. The number of fused-ring (bicyclic) bond motifs is 10. The van der Waals surface area contributed by atoms with Gasteiger partial charge in [-0.05, 0) is 139 Å². The molecule has 286 valence electrons. The molecular weight excluding hydrogens is 725 g/mol. The summed E-state index contributed by atoms with van der Waals surface area (Å²) in [5, 5.41) is 5.02. The van der Waals surface area contributed by atoms with Crippen LogP contribution in [0.15, 0.2) is 194 Å². The molecule has 9 aromatic carbocycles. The lowest BCUT2D eigenvalue weighted by Gasteiger charge is -2.30. The van der Waals surface area contributed by atoms with Crippen molar-refractivity contribution < 1.29 is 0 Å². The van der Waals surface area contributed by atoms with E-state index in [-0.39, 0.29) is 10.8 Å². The average Bonchev–Trinajstić information content (AvgIpc) is 3.83. The molecular formula is C58H44N2. The molecule has 0 aliphatic heterocycles. The van der Waals surface area contributed by atoms with Crippen molar-refractivity contribution in [2.45, 2.75) is 38.5 Å². The second-order valence-corrected chi connectivity index (χ2v) is 17.8. The standard InChI is InChI=1S/C58H44N2/c1-57(2)51-20-12-10-18-45(51)47-29-26-43(35-53(47)57)59(42-25-22-37-14-8-9-15-38(37)32-42)44-27-30-48-46-28-23-40(34-52(46)58(3,4)54(48)36-44)39-24-31-56-50(33-39)49-19-11-13-21-55(49)60(56)41-16-6-5-7-17-41/h5-36H,1-4H3. The zero-order valence-corrected chi connectivity index (χ0v) is 34.4. The summed E-state index contributed by atoms with van der Waals surface area (Å²) in [6.45, 7) is 9.54. The number of hydrogen-bond donors (Lipinski definition) is 0. The molecule has 0 bridgehead atoms. The highest BCUT2D eigenvalue weighted by atomic mass is 15.1.